The third-order valence-corrected chi connectivity index (χ3v) is 4.26. The predicted molar refractivity (Wildman–Crippen MR) is 81.7 cm³/mol. The molecule has 2 aromatic rings. The van der Waals surface area contributed by atoms with Crippen LogP contribution in [0.15, 0.2) is 24.3 Å². The summed E-state index contributed by atoms with van der Waals surface area (Å²) in [5, 5.41) is 4.33. The van der Waals surface area contributed by atoms with Gasteiger partial charge >= 0.3 is 0 Å². The van der Waals surface area contributed by atoms with Gasteiger partial charge in [0.15, 0.2) is 0 Å². The molecule has 0 aliphatic heterocycles. The summed E-state index contributed by atoms with van der Waals surface area (Å²) in [5.74, 6) is 0.519. The fraction of sp³-hybridized carbons (Fsp3) is 0.471. The molecule has 20 heavy (non-hydrogen) atoms. The fourth-order valence-electron chi connectivity index (χ4n) is 3.15. The van der Waals surface area contributed by atoms with Gasteiger partial charge in [-0.3, -0.25) is 4.79 Å². The number of benzene rings is 1. The van der Waals surface area contributed by atoms with Gasteiger partial charge < -0.3 is 10.3 Å². The first-order valence-electron chi connectivity index (χ1n) is 7.58. The van der Waals surface area contributed by atoms with Crippen molar-refractivity contribution in [3.63, 3.8) is 0 Å². The summed E-state index contributed by atoms with van der Waals surface area (Å²) in [4.78, 5) is 15.3. The number of H-pyrrole nitrogens is 1. The van der Waals surface area contributed by atoms with Gasteiger partial charge in [-0.25, -0.2) is 0 Å². The Labute approximate surface area is 119 Å². The normalized spacial score (nSPS) is 15.8. The van der Waals surface area contributed by atoms with Crippen LogP contribution in [0.2, 0.25) is 0 Å². The van der Waals surface area contributed by atoms with Crippen LogP contribution in [0, 0.1) is 12.8 Å². The van der Waals surface area contributed by atoms with Gasteiger partial charge in [0.2, 0.25) is 5.91 Å². The Kier molecular flexibility index (Phi) is 3.77. The number of fused-ring (bicyclic) bond motifs is 1. The molecule has 0 radical (unpaired) electrons. The van der Waals surface area contributed by atoms with E-state index in [0.717, 1.165) is 25.8 Å². The standard InChI is InChI=1S/C17H22N2O/c1-12-10-15-11-13(6-7-16(15)19-12)8-9-18-17(20)14-4-2-3-5-14/h6-7,10-11,14,19H,2-5,8-9H2,1H3,(H,18,20). The number of hydrogen-bond donors (Lipinski definition) is 2. The van der Waals surface area contributed by atoms with Crippen LogP contribution in [0.3, 0.4) is 0 Å². The maximum Gasteiger partial charge on any atom is 0.223 e. The number of hydrogen-bond acceptors (Lipinski definition) is 1. The summed E-state index contributed by atoms with van der Waals surface area (Å²) in [5.41, 5.74) is 3.65. The average Bonchev–Trinajstić information content (AvgIpc) is 3.05. The lowest BCUT2D eigenvalue weighted by molar-refractivity contribution is -0.124. The molecule has 3 rings (SSSR count). The zero-order valence-corrected chi connectivity index (χ0v) is 12.0. The second-order valence-corrected chi connectivity index (χ2v) is 5.90. The first-order chi connectivity index (χ1) is 9.72. The third kappa shape index (κ3) is 2.87. The summed E-state index contributed by atoms with van der Waals surface area (Å²) in [7, 11) is 0. The molecule has 0 saturated heterocycles. The monoisotopic (exact) mass is 270 g/mol. The van der Waals surface area contributed by atoms with Crippen LogP contribution in [0.5, 0.6) is 0 Å². The number of nitrogens with one attached hydrogen (secondary N) is 2. The van der Waals surface area contributed by atoms with E-state index in [-0.39, 0.29) is 11.8 Å². The Morgan fingerprint density at radius 3 is 2.90 bits per heavy atom. The smallest absolute Gasteiger partial charge is 0.223 e. The average molecular weight is 270 g/mol. The Morgan fingerprint density at radius 2 is 2.10 bits per heavy atom. The Hall–Kier alpha value is -1.77. The van der Waals surface area contributed by atoms with Gasteiger partial charge in [0, 0.05) is 23.7 Å². The molecule has 3 heteroatoms. The van der Waals surface area contributed by atoms with Gasteiger partial charge in [-0.05, 0) is 55.3 Å². The van der Waals surface area contributed by atoms with E-state index in [2.05, 4.69) is 41.5 Å². The van der Waals surface area contributed by atoms with E-state index in [4.69, 9.17) is 0 Å². The van der Waals surface area contributed by atoms with Gasteiger partial charge in [-0.1, -0.05) is 18.9 Å². The van der Waals surface area contributed by atoms with Crippen molar-refractivity contribution in [2.24, 2.45) is 5.92 Å². The molecule has 106 valence electrons. The molecule has 1 amide bonds. The van der Waals surface area contributed by atoms with Crippen LogP contribution in [0.25, 0.3) is 10.9 Å². The molecule has 0 bridgehead atoms. The van der Waals surface area contributed by atoms with Crippen molar-refractivity contribution in [2.45, 2.75) is 39.0 Å². The maximum absolute atomic E-state index is 11.9. The lowest BCUT2D eigenvalue weighted by Gasteiger charge is -2.10. The predicted octanol–water partition coefficient (Wildman–Crippen LogP) is 3.33. The SMILES string of the molecule is Cc1cc2cc(CCNC(=O)C3CCCC3)ccc2[nH]1. The molecule has 1 aromatic heterocycles. The first kappa shape index (κ1) is 13.2. The molecule has 0 spiro atoms. The van der Waals surface area contributed by atoms with E-state index in [1.165, 1.54) is 35.0 Å². The van der Waals surface area contributed by atoms with E-state index >= 15 is 0 Å². The molecule has 1 saturated carbocycles. The van der Waals surface area contributed by atoms with Crippen molar-refractivity contribution < 1.29 is 4.79 Å². The van der Waals surface area contributed by atoms with Gasteiger partial charge in [0.05, 0.1) is 0 Å². The number of aromatic nitrogens is 1. The molecular weight excluding hydrogens is 248 g/mol. The lowest BCUT2D eigenvalue weighted by atomic mass is 10.1. The highest BCUT2D eigenvalue weighted by Gasteiger charge is 2.21. The van der Waals surface area contributed by atoms with Crippen molar-refractivity contribution >= 4 is 16.8 Å². The summed E-state index contributed by atoms with van der Waals surface area (Å²) >= 11 is 0. The molecule has 1 aliphatic carbocycles. The van der Waals surface area contributed by atoms with Gasteiger partial charge in [0.1, 0.15) is 0 Å². The van der Waals surface area contributed by atoms with Crippen LogP contribution >= 0.6 is 0 Å². The second-order valence-electron chi connectivity index (χ2n) is 5.90. The highest BCUT2D eigenvalue weighted by molar-refractivity contribution is 5.81. The van der Waals surface area contributed by atoms with Crippen molar-refractivity contribution in [3.05, 3.63) is 35.5 Å². The molecule has 1 aliphatic rings. The number of aryl methyl sites for hydroxylation is 1. The molecule has 1 heterocycles. The maximum atomic E-state index is 11.9. The first-order valence-corrected chi connectivity index (χ1v) is 7.58. The highest BCUT2D eigenvalue weighted by Crippen LogP contribution is 2.24. The zero-order valence-electron chi connectivity index (χ0n) is 12.0. The number of carbonyl (C=O) groups excluding carboxylic acids is 1. The van der Waals surface area contributed by atoms with Crippen LogP contribution in [0.4, 0.5) is 0 Å². The van der Waals surface area contributed by atoms with Crippen molar-refractivity contribution in [2.75, 3.05) is 6.54 Å². The molecule has 3 nitrogen and oxygen atoms in total. The number of rotatable bonds is 4. The summed E-state index contributed by atoms with van der Waals surface area (Å²) in [6, 6.07) is 8.63. The minimum Gasteiger partial charge on any atom is -0.359 e. The molecule has 1 aromatic carbocycles. The Morgan fingerprint density at radius 1 is 1.30 bits per heavy atom. The third-order valence-electron chi connectivity index (χ3n) is 4.26. The van der Waals surface area contributed by atoms with Crippen molar-refractivity contribution in [3.8, 4) is 0 Å². The molecule has 0 atom stereocenters. The van der Waals surface area contributed by atoms with E-state index in [1.54, 1.807) is 0 Å². The van der Waals surface area contributed by atoms with Gasteiger partial charge in [0.25, 0.3) is 0 Å². The zero-order chi connectivity index (χ0) is 13.9. The highest BCUT2D eigenvalue weighted by atomic mass is 16.1. The van der Waals surface area contributed by atoms with E-state index < -0.39 is 0 Å². The summed E-state index contributed by atoms with van der Waals surface area (Å²) < 4.78 is 0. The fourth-order valence-corrected chi connectivity index (χ4v) is 3.15. The quantitative estimate of drug-likeness (QED) is 0.879. The molecule has 2 N–H and O–H groups in total. The molecule has 1 fully saturated rings. The van der Waals surface area contributed by atoms with E-state index in [9.17, 15) is 4.79 Å². The number of aromatic amines is 1. The summed E-state index contributed by atoms with van der Waals surface area (Å²) in [6.45, 7) is 2.81. The summed E-state index contributed by atoms with van der Waals surface area (Å²) in [6.07, 6.45) is 5.46. The van der Waals surface area contributed by atoms with Crippen molar-refractivity contribution in [1.29, 1.82) is 0 Å². The number of amides is 1. The Balaban J connectivity index is 1.55. The number of carbonyl (C=O) groups is 1. The lowest BCUT2D eigenvalue weighted by Crippen LogP contribution is -2.30. The van der Waals surface area contributed by atoms with E-state index in [0.29, 0.717) is 0 Å². The van der Waals surface area contributed by atoms with Crippen LogP contribution < -0.4 is 5.32 Å². The molecule has 0 unspecified atom stereocenters. The van der Waals surface area contributed by atoms with E-state index in [1.807, 2.05) is 0 Å². The van der Waals surface area contributed by atoms with Crippen molar-refractivity contribution in [1.82, 2.24) is 10.3 Å². The van der Waals surface area contributed by atoms with Crippen LogP contribution in [-0.2, 0) is 11.2 Å². The Bertz CT molecular complexity index is 608. The van der Waals surface area contributed by atoms with Gasteiger partial charge in [-0.2, -0.15) is 0 Å². The second kappa shape index (κ2) is 5.70. The minimum absolute atomic E-state index is 0.251. The molecular formula is C17H22N2O. The topological polar surface area (TPSA) is 44.9 Å². The largest absolute Gasteiger partial charge is 0.359 e. The van der Waals surface area contributed by atoms with Crippen LogP contribution in [0.1, 0.15) is 36.9 Å². The van der Waals surface area contributed by atoms with Gasteiger partial charge in [-0.15, -0.1) is 0 Å². The van der Waals surface area contributed by atoms with Crippen LogP contribution in [-0.4, -0.2) is 17.4 Å². The minimum atomic E-state index is 0.251.